The Bertz CT molecular complexity index is 734. The van der Waals surface area contributed by atoms with Crippen molar-refractivity contribution >= 4 is 39.7 Å². The number of nitrogens with one attached hydrogen (secondary N) is 2. The van der Waals surface area contributed by atoms with Crippen molar-refractivity contribution in [3.8, 4) is 5.75 Å². The number of nitrogens with zero attached hydrogens (tertiary/aromatic N) is 1. The molecule has 0 aliphatic rings. The molecule has 0 spiro atoms. The van der Waals surface area contributed by atoms with E-state index < -0.39 is 22.4 Å². The fourth-order valence-corrected chi connectivity index (χ4v) is 3.44. The molecule has 0 bridgehead atoms. The number of phenols is 1. The van der Waals surface area contributed by atoms with Crippen molar-refractivity contribution in [3.63, 3.8) is 0 Å². The summed E-state index contributed by atoms with van der Waals surface area (Å²) >= 11 is 2.12. The Hall–Kier alpha value is -2.14. The van der Waals surface area contributed by atoms with Crippen LogP contribution in [-0.4, -0.2) is 17.1 Å². The highest BCUT2D eigenvalue weighted by Gasteiger charge is 2.33. The quantitative estimate of drug-likeness (QED) is 0.410. The minimum atomic E-state index is -4.63. The first-order valence-corrected chi connectivity index (χ1v) is 7.64. The molecule has 3 N–H and O–H groups in total. The fourth-order valence-electron chi connectivity index (χ4n) is 1.67. The number of anilines is 2. The highest BCUT2D eigenvalue weighted by atomic mass is 32.2. The van der Waals surface area contributed by atoms with Crippen LogP contribution >= 0.6 is 23.3 Å². The number of halogens is 3. The van der Waals surface area contributed by atoms with Crippen molar-refractivity contribution in [3.05, 3.63) is 39.9 Å². The standard InChI is InChI=1S/C12H10F3N3O3S2/c1-16-11-8(18(20)21)5-10(22-11)23-17-6-2-3-7(9(19)4-6)12(13,14)15/h2-5,16-17,19H,1H3. The second-order valence-electron chi connectivity index (χ2n) is 4.22. The van der Waals surface area contributed by atoms with Crippen LogP contribution in [0.15, 0.2) is 28.5 Å². The molecule has 0 atom stereocenters. The van der Waals surface area contributed by atoms with Crippen LogP contribution in [0, 0.1) is 10.1 Å². The van der Waals surface area contributed by atoms with Crippen LogP contribution in [0.5, 0.6) is 5.75 Å². The van der Waals surface area contributed by atoms with E-state index in [1.807, 2.05) is 0 Å². The number of benzene rings is 1. The lowest BCUT2D eigenvalue weighted by atomic mass is 10.2. The molecule has 0 amide bonds. The van der Waals surface area contributed by atoms with Crippen LogP contribution < -0.4 is 10.0 Å². The molecular formula is C12H10F3N3O3S2. The minimum absolute atomic E-state index is 0.0860. The molecule has 0 unspecified atom stereocenters. The Balaban J connectivity index is 2.12. The maximum Gasteiger partial charge on any atom is 0.419 e. The maximum absolute atomic E-state index is 12.5. The number of nitro groups is 1. The molecule has 0 aliphatic carbocycles. The molecule has 11 heteroatoms. The molecule has 6 nitrogen and oxygen atoms in total. The van der Waals surface area contributed by atoms with Crippen LogP contribution in [0.3, 0.4) is 0 Å². The smallest absolute Gasteiger partial charge is 0.419 e. The summed E-state index contributed by atoms with van der Waals surface area (Å²) in [5.74, 6) is -0.892. The summed E-state index contributed by atoms with van der Waals surface area (Å²) in [6.07, 6.45) is -4.63. The summed E-state index contributed by atoms with van der Waals surface area (Å²) in [6.45, 7) is 0. The van der Waals surface area contributed by atoms with Crippen molar-refractivity contribution in [1.29, 1.82) is 0 Å². The van der Waals surface area contributed by atoms with Gasteiger partial charge in [0.05, 0.1) is 14.7 Å². The first kappa shape index (κ1) is 17.2. The first-order valence-electron chi connectivity index (χ1n) is 6.01. The molecule has 2 rings (SSSR count). The number of hydrogen-bond acceptors (Lipinski definition) is 7. The average molecular weight is 365 g/mol. The predicted molar refractivity (Wildman–Crippen MR) is 83.1 cm³/mol. The topological polar surface area (TPSA) is 87.4 Å². The lowest BCUT2D eigenvalue weighted by Crippen LogP contribution is -2.05. The van der Waals surface area contributed by atoms with E-state index in [2.05, 4.69) is 10.0 Å². The van der Waals surface area contributed by atoms with Gasteiger partial charge < -0.3 is 15.1 Å². The first-order chi connectivity index (χ1) is 10.7. The van der Waals surface area contributed by atoms with E-state index in [1.54, 1.807) is 7.05 Å². The molecule has 124 valence electrons. The molecular weight excluding hydrogens is 355 g/mol. The van der Waals surface area contributed by atoms with Gasteiger partial charge in [-0.3, -0.25) is 10.1 Å². The molecule has 0 fully saturated rings. The van der Waals surface area contributed by atoms with E-state index in [0.29, 0.717) is 9.21 Å². The Kier molecular flexibility index (Phi) is 4.90. The number of phenolic OH excluding ortho intramolecular Hbond substituents is 1. The van der Waals surface area contributed by atoms with Gasteiger partial charge in [-0.1, -0.05) is 0 Å². The third-order valence-electron chi connectivity index (χ3n) is 2.69. The van der Waals surface area contributed by atoms with Gasteiger partial charge in [0.1, 0.15) is 5.75 Å². The van der Waals surface area contributed by atoms with Gasteiger partial charge in [-0.2, -0.15) is 13.2 Å². The fraction of sp³-hybridized carbons (Fsp3) is 0.167. The summed E-state index contributed by atoms with van der Waals surface area (Å²) in [5, 5.41) is 23.3. The molecule has 1 heterocycles. The lowest BCUT2D eigenvalue weighted by molar-refractivity contribution is -0.383. The van der Waals surface area contributed by atoms with Crippen molar-refractivity contribution in [2.75, 3.05) is 17.1 Å². The Morgan fingerprint density at radius 3 is 2.52 bits per heavy atom. The summed E-state index contributed by atoms with van der Waals surface area (Å²) < 4.78 is 40.9. The zero-order chi connectivity index (χ0) is 17.2. The Morgan fingerprint density at radius 1 is 1.35 bits per heavy atom. The maximum atomic E-state index is 12.5. The Labute approximate surface area is 136 Å². The highest BCUT2D eigenvalue weighted by molar-refractivity contribution is 8.02. The van der Waals surface area contributed by atoms with Gasteiger partial charge >= 0.3 is 11.9 Å². The molecule has 0 radical (unpaired) electrons. The minimum Gasteiger partial charge on any atom is -0.507 e. The lowest BCUT2D eigenvalue weighted by Gasteiger charge is -2.10. The van der Waals surface area contributed by atoms with Crippen molar-refractivity contribution < 1.29 is 23.2 Å². The van der Waals surface area contributed by atoms with E-state index in [4.69, 9.17) is 0 Å². The molecule has 0 saturated carbocycles. The summed E-state index contributed by atoms with van der Waals surface area (Å²) in [5.41, 5.74) is -0.975. The molecule has 0 aliphatic heterocycles. The van der Waals surface area contributed by atoms with Gasteiger partial charge in [-0.15, -0.1) is 11.3 Å². The third kappa shape index (κ3) is 3.99. The number of aromatic hydroxyl groups is 1. The van der Waals surface area contributed by atoms with E-state index >= 15 is 0 Å². The third-order valence-corrected chi connectivity index (χ3v) is 4.78. The van der Waals surface area contributed by atoms with Gasteiger partial charge in [0, 0.05) is 24.9 Å². The SMILES string of the molecule is CNc1sc(SNc2ccc(C(F)(F)F)c(O)c2)cc1[N+](=O)[O-]. The molecule has 23 heavy (non-hydrogen) atoms. The number of alkyl halides is 3. The normalized spacial score (nSPS) is 11.3. The van der Waals surface area contributed by atoms with Gasteiger partial charge in [0.25, 0.3) is 0 Å². The van der Waals surface area contributed by atoms with Gasteiger partial charge in [0.15, 0.2) is 5.00 Å². The Morgan fingerprint density at radius 2 is 2.04 bits per heavy atom. The van der Waals surface area contributed by atoms with Gasteiger partial charge in [-0.05, 0) is 24.1 Å². The van der Waals surface area contributed by atoms with Gasteiger partial charge in [0.2, 0.25) is 0 Å². The second-order valence-corrected chi connectivity index (χ2v) is 6.38. The highest BCUT2D eigenvalue weighted by Crippen LogP contribution is 2.41. The van der Waals surface area contributed by atoms with Crippen LogP contribution in [0.1, 0.15) is 5.56 Å². The zero-order valence-corrected chi connectivity index (χ0v) is 13.1. The van der Waals surface area contributed by atoms with Crippen LogP contribution in [-0.2, 0) is 6.18 Å². The van der Waals surface area contributed by atoms with E-state index in [0.717, 1.165) is 41.5 Å². The van der Waals surface area contributed by atoms with Crippen LogP contribution in [0.25, 0.3) is 0 Å². The van der Waals surface area contributed by atoms with E-state index in [1.165, 1.54) is 6.07 Å². The van der Waals surface area contributed by atoms with E-state index in [-0.39, 0.29) is 11.4 Å². The van der Waals surface area contributed by atoms with Gasteiger partial charge in [-0.25, -0.2) is 0 Å². The van der Waals surface area contributed by atoms with E-state index in [9.17, 15) is 28.4 Å². The second kappa shape index (κ2) is 6.54. The summed E-state index contributed by atoms with van der Waals surface area (Å²) in [7, 11) is 1.55. The van der Waals surface area contributed by atoms with Crippen molar-refractivity contribution in [1.82, 2.24) is 0 Å². The van der Waals surface area contributed by atoms with Crippen LogP contribution in [0.2, 0.25) is 0 Å². The predicted octanol–water partition coefficient (Wildman–Crippen LogP) is 4.54. The monoisotopic (exact) mass is 365 g/mol. The van der Waals surface area contributed by atoms with Crippen molar-refractivity contribution in [2.45, 2.75) is 10.4 Å². The molecule has 0 saturated heterocycles. The summed E-state index contributed by atoms with van der Waals surface area (Å²) in [4.78, 5) is 10.3. The summed E-state index contributed by atoms with van der Waals surface area (Å²) in [6, 6.07) is 4.21. The zero-order valence-electron chi connectivity index (χ0n) is 11.5. The largest absolute Gasteiger partial charge is 0.507 e. The molecule has 1 aromatic carbocycles. The van der Waals surface area contributed by atoms with Crippen molar-refractivity contribution in [2.24, 2.45) is 0 Å². The number of hydrogen-bond donors (Lipinski definition) is 3. The average Bonchev–Trinajstić information content (AvgIpc) is 2.87. The number of thiophene rings is 1. The number of rotatable bonds is 5. The molecule has 2 aromatic rings. The molecule has 1 aromatic heterocycles. The van der Waals surface area contributed by atoms with Crippen LogP contribution in [0.4, 0.5) is 29.5 Å².